The molecule has 26 heavy (non-hydrogen) atoms. The number of hydrogen-bond donors (Lipinski definition) is 3. The number of H-pyrrole nitrogens is 2. The molecule has 1 amide bonds. The number of carbonyl (C=O) groups is 1. The highest BCUT2D eigenvalue weighted by atomic mass is 16.1. The van der Waals surface area contributed by atoms with E-state index in [2.05, 4.69) is 31.8 Å². The van der Waals surface area contributed by atoms with Crippen molar-refractivity contribution in [1.82, 2.24) is 20.4 Å². The van der Waals surface area contributed by atoms with E-state index in [1.54, 1.807) is 18.3 Å². The highest BCUT2D eigenvalue weighted by Crippen LogP contribution is 2.25. The van der Waals surface area contributed by atoms with Crippen molar-refractivity contribution in [2.24, 2.45) is 0 Å². The largest absolute Gasteiger partial charge is 0.305 e. The lowest BCUT2D eigenvalue weighted by molar-refractivity contribution is 0.102. The van der Waals surface area contributed by atoms with Crippen molar-refractivity contribution in [1.29, 1.82) is 5.26 Å². The fourth-order valence-corrected chi connectivity index (χ4v) is 3.11. The summed E-state index contributed by atoms with van der Waals surface area (Å²) in [5.41, 5.74) is 4.67. The monoisotopic (exact) mass is 344 g/mol. The van der Waals surface area contributed by atoms with Crippen LogP contribution in [0.25, 0.3) is 21.8 Å². The van der Waals surface area contributed by atoms with Crippen LogP contribution in [0.15, 0.2) is 30.5 Å². The number of amides is 1. The highest BCUT2D eigenvalue weighted by Gasteiger charge is 2.15. The maximum atomic E-state index is 12.7. The molecule has 0 fully saturated rings. The molecular formula is C19H16N6O. The van der Waals surface area contributed by atoms with Gasteiger partial charge >= 0.3 is 0 Å². The maximum absolute atomic E-state index is 12.7. The minimum atomic E-state index is -0.238. The van der Waals surface area contributed by atoms with Crippen LogP contribution in [0.3, 0.4) is 0 Å². The molecule has 0 atom stereocenters. The van der Waals surface area contributed by atoms with Crippen LogP contribution < -0.4 is 5.32 Å². The second kappa shape index (κ2) is 6.01. The Morgan fingerprint density at radius 3 is 2.88 bits per heavy atom. The smallest absolute Gasteiger partial charge is 0.256 e. The standard InChI is InChI=1S/C19H16N6O/c1-3-11-5-12(6-14-9-21-24-17(11)14)19(26)22-18-15-4-10(2)13(8-20)7-16(15)23-25-18/h4-7,9H,3H2,1-2H3,(H,21,24)(H2,22,23,25,26). The fourth-order valence-electron chi connectivity index (χ4n) is 3.11. The van der Waals surface area contributed by atoms with Crippen molar-refractivity contribution < 1.29 is 4.79 Å². The van der Waals surface area contributed by atoms with Gasteiger partial charge in [-0.05, 0) is 48.7 Å². The van der Waals surface area contributed by atoms with Gasteiger partial charge < -0.3 is 5.32 Å². The molecule has 4 aromatic rings. The van der Waals surface area contributed by atoms with E-state index in [9.17, 15) is 4.79 Å². The topological polar surface area (TPSA) is 110 Å². The highest BCUT2D eigenvalue weighted by molar-refractivity contribution is 6.09. The molecule has 0 aliphatic rings. The van der Waals surface area contributed by atoms with E-state index in [0.29, 0.717) is 22.5 Å². The second-order valence-corrected chi connectivity index (χ2v) is 6.17. The van der Waals surface area contributed by atoms with Gasteiger partial charge in [0.05, 0.1) is 28.9 Å². The summed E-state index contributed by atoms with van der Waals surface area (Å²) in [5, 5.41) is 27.7. The van der Waals surface area contributed by atoms with Gasteiger partial charge in [-0.15, -0.1) is 0 Å². The molecule has 4 rings (SSSR count). The van der Waals surface area contributed by atoms with Crippen LogP contribution in [0, 0.1) is 18.3 Å². The number of aromatic amines is 2. The van der Waals surface area contributed by atoms with Gasteiger partial charge in [-0.2, -0.15) is 15.5 Å². The summed E-state index contributed by atoms with van der Waals surface area (Å²) in [6.07, 6.45) is 2.50. The molecule has 0 radical (unpaired) electrons. The number of nitriles is 1. The molecule has 128 valence electrons. The third-order valence-electron chi connectivity index (χ3n) is 4.53. The van der Waals surface area contributed by atoms with E-state index in [-0.39, 0.29) is 5.91 Å². The Hall–Kier alpha value is -3.66. The van der Waals surface area contributed by atoms with Crippen LogP contribution in [0.1, 0.15) is 34.0 Å². The lowest BCUT2D eigenvalue weighted by Gasteiger charge is -2.06. The van der Waals surface area contributed by atoms with Gasteiger partial charge in [0.25, 0.3) is 5.91 Å². The van der Waals surface area contributed by atoms with E-state index in [0.717, 1.165) is 33.8 Å². The zero-order valence-corrected chi connectivity index (χ0v) is 14.3. The van der Waals surface area contributed by atoms with Crippen LogP contribution in [0.2, 0.25) is 0 Å². The quantitative estimate of drug-likeness (QED) is 0.529. The van der Waals surface area contributed by atoms with Gasteiger partial charge in [0.1, 0.15) is 0 Å². The van der Waals surface area contributed by atoms with Crippen molar-refractivity contribution in [3.05, 3.63) is 52.7 Å². The van der Waals surface area contributed by atoms with Crippen molar-refractivity contribution in [2.45, 2.75) is 20.3 Å². The number of hydrogen-bond acceptors (Lipinski definition) is 4. The Morgan fingerprint density at radius 2 is 2.12 bits per heavy atom. The summed E-state index contributed by atoms with van der Waals surface area (Å²) in [4.78, 5) is 12.7. The maximum Gasteiger partial charge on any atom is 0.256 e. The van der Waals surface area contributed by atoms with Crippen LogP contribution in [0.4, 0.5) is 5.82 Å². The molecular weight excluding hydrogens is 328 g/mol. The average molecular weight is 344 g/mol. The van der Waals surface area contributed by atoms with E-state index in [1.807, 2.05) is 26.0 Å². The summed E-state index contributed by atoms with van der Waals surface area (Å²) in [7, 11) is 0. The Balaban J connectivity index is 1.72. The summed E-state index contributed by atoms with van der Waals surface area (Å²) >= 11 is 0. The number of aryl methyl sites for hydroxylation is 2. The van der Waals surface area contributed by atoms with Crippen LogP contribution in [-0.2, 0) is 6.42 Å². The molecule has 7 heteroatoms. The molecule has 2 heterocycles. The summed E-state index contributed by atoms with van der Waals surface area (Å²) in [5.74, 6) is 0.209. The Morgan fingerprint density at radius 1 is 1.27 bits per heavy atom. The SMILES string of the molecule is CCc1cc(C(=O)Nc2n[nH]c3cc(C#N)c(C)cc23)cc2cn[nH]c12. The zero-order valence-electron chi connectivity index (χ0n) is 14.3. The van der Waals surface area contributed by atoms with Crippen LogP contribution in [-0.4, -0.2) is 26.3 Å². The van der Waals surface area contributed by atoms with Crippen LogP contribution in [0.5, 0.6) is 0 Å². The third kappa shape index (κ3) is 2.48. The molecule has 0 saturated carbocycles. The minimum Gasteiger partial charge on any atom is -0.305 e. The van der Waals surface area contributed by atoms with E-state index >= 15 is 0 Å². The molecule has 0 aliphatic carbocycles. The first-order chi connectivity index (χ1) is 12.6. The minimum absolute atomic E-state index is 0.238. The van der Waals surface area contributed by atoms with E-state index in [1.165, 1.54) is 0 Å². The normalized spacial score (nSPS) is 11.0. The molecule has 0 unspecified atom stereocenters. The molecule has 7 nitrogen and oxygen atoms in total. The molecule has 0 aliphatic heterocycles. The first kappa shape index (κ1) is 15.8. The summed E-state index contributed by atoms with van der Waals surface area (Å²) < 4.78 is 0. The number of fused-ring (bicyclic) bond motifs is 2. The molecule has 2 aromatic carbocycles. The Kier molecular flexibility index (Phi) is 3.66. The van der Waals surface area contributed by atoms with Gasteiger partial charge in [-0.1, -0.05) is 6.92 Å². The van der Waals surface area contributed by atoms with Gasteiger partial charge in [-0.25, -0.2) is 0 Å². The molecule has 3 N–H and O–H groups in total. The molecule has 0 saturated heterocycles. The summed E-state index contributed by atoms with van der Waals surface area (Å²) in [6.45, 7) is 3.89. The lowest BCUT2D eigenvalue weighted by Crippen LogP contribution is -2.13. The number of anilines is 1. The third-order valence-corrected chi connectivity index (χ3v) is 4.53. The van der Waals surface area contributed by atoms with Crippen molar-refractivity contribution in [2.75, 3.05) is 5.32 Å². The number of benzene rings is 2. The number of nitrogens with zero attached hydrogens (tertiary/aromatic N) is 3. The lowest BCUT2D eigenvalue weighted by atomic mass is 10.0. The number of rotatable bonds is 3. The average Bonchev–Trinajstić information content (AvgIpc) is 3.27. The van der Waals surface area contributed by atoms with Crippen molar-refractivity contribution in [3.8, 4) is 6.07 Å². The molecule has 0 bridgehead atoms. The molecule has 0 spiro atoms. The zero-order chi connectivity index (χ0) is 18.3. The Bertz CT molecular complexity index is 1190. The summed E-state index contributed by atoms with van der Waals surface area (Å²) in [6, 6.07) is 9.41. The number of carbonyl (C=O) groups excluding carboxylic acids is 1. The number of nitrogens with one attached hydrogen (secondary N) is 3. The van der Waals surface area contributed by atoms with Crippen molar-refractivity contribution in [3.63, 3.8) is 0 Å². The predicted octanol–water partition coefficient (Wildman–Crippen LogP) is 3.43. The van der Waals surface area contributed by atoms with Gasteiger partial charge in [0.15, 0.2) is 5.82 Å². The first-order valence-electron chi connectivity index (χ1n) is 8.27. The number of aromatic nitrogens is 4. The van der Waals surface area contributed by atoms with Crippen molar-refractivity contribution >= 4 is 33.5 Å². The van der Waals surface area contributed by atoms with Gasteiger partial charge in [0, 0.05) is 16.3 Å². The predicted molar refractivity (Wildman–Crippen MR) is 99.0 cm³/mol. The van der Waals surface area contributed by atoms with E-state index < -0.39 is 0 Å². The first-order valence-corrected chi connectivity index (χ1v) is 8.27. The second-order valence-electron chi connectivity index (χ2n) is 6.17. The van der Waals surface area contributed by atoms with Gasteiger partial charge in [-0.3, -0.25) is 15.0 Å². The molecule has 2 aromatic heterocycles. The van der Waals surface area contributed by atoms with Crippen LogP contribution >= 0.6 is 0 Å². The van der Waals surface area contributed by atoms with Gasteiger partial charge in [0.2, 0.25) is 0 Å². The fraction of sp³-hybridized carbons (Fsp3) is 0.158. The Labute approximate surface area is 149 Å². The van der Waals surface area contributed by atoms with E-state index in [4.69, 9.17) is 5.26 Å².